The minimum atomic E-state index is -0.892. The van der Waals surface area contributed by atoms with E-state index in [2.05, 4.69) is 29.5 Å². The molecule has 0 saturated carbocycles. The zero-order valence-electron chi connectivity index (χ0n) is 9.28. The summed E-state index contributed by atoms with van der Waals surface area (Å²) < 4.78 is 8.06. The molecule has 1 heterocycles. The molecule has 0 aromatic carbocycles. The van der Waals surface area contributed by atoms with Gasteiger partial charge in [0.2, 0.25) is 0 Å². The second-order valence-electron chi connectivity index (χ2n) is 3.51. The van der Waals surface area contributed by atoms with Crippen molar-refractivity contribution in [3.05, 3.63) is 21.5 Å². The number of unbranched alkanes of at least 4 members (excludes halogenated alkanes) is 1. The number of carbonyl (C=O) groups is 1. The van der Waals surface area contributed by atoms with Crippen molar-refractivity contribution in [2.45, 2.75) is 26.3 Å². The number of carboxylic acid groups (broad SMARTS) is 1. The molecule has 0 bridgehead atoms. The lowest BCUT2D eigenvalue weighted by Gasteiger charge is -2.06. The summed E-state index contributed by atoms with van der Waals surface area (Å²) in [6.45, 7) is 4.01. The van der Waals surface area contributed by atoms with Crippen LogP contribution in [0.5, 0.6) is 0 Å². The molecule has 0 spiro atoms. The van der Waals surface area contributed by atoms with Crippen LogP contribution in [0.15, 0.2) is 12.3 Å². The van der Waals surface area contributed by atoms with Gasteiger partial charge in [-0.3, -0.25) is 0 Å². The summed E-state index contributed by atoms with van der Waals surface area (Å²) in [7, 11) is 0. The second-order valence-corrected chi connectivity index (χ2v) is 4.75. The van der Waals surface area contributed by atoms with Crippen LogP contribution in [0.2, 0.25) is 0 Å². The molecule has 4 nitrogen and oxygen atoms in total. The van der Waals surface area contributed by atoms with E-state index in [1.165, 1.54) is 0 Å². The van der Waals surface area contributed by atoms with E-state index in [9.17, 15) is 4.79 Å². The van der Waals surface area contributed by atoms with E-state index >= 15 is 0 Å². The molecule has 1 N–H and O–H groups in total. The van der Waals surface area contributed by atoms with Crippen molar-refractivity contribution >= 4 is 28.6 Å². The largest absolute Gasteiger partial charge is 0.477 e. The summed E-state index contributed by atoms with van der Waals surface area (Å²) in [5, 5.41) is 8.95. The van der Waals surface area contributed by atoms with Gasteiger partial charge in [0, 0.05) is 22.9 Å². The van der Waals surface area contributed by atoms with E-state index in [4.69, 9.17) is 9.84 Å². The lowest BCUT2D eigenvalue weighted by Crippen LogP contribution is -2.11. The smallest absolute Gasteiger partial charge is 0.352 e. The molecule has 0 unspecified atom stereocenters. The second kappa shape index (κ2) is 6.90. The highest BCUT2D eigenvalue weighted by atomic mass is 127. The van der Waals surface area contributed by atoms with Crippen LogP contribution in [0.4, 0.5) is 0 Å². The summed E-state index contributed by atoms with van der Waals surface area (Å²) in [6, 6.07) is 1.66. The Morgan fingerprint density at radius 1 is 1.56 bits per heavy atom. The number of rotatable bonds is 7. The Morgan fingerprint density at radius 3 is 2.94 bits per heavy atom. The number of halogens is 1. The van der Waals surface area contributed by atoms with E-state index in [0.717, 1.165) is 23.0 Å². The average Bonchev–Trinajstić information content (AvgIpc) is 2.59. The van der Waals surface area contributed by atoms with Crippen LogP contribution in [0.1, 0.15) is 30.3 Å². The van der Waals surface area contributed by atoms with E-state index < -0.39 is 5.97 Å². The Morgan fingerprint density at radius 2 is 2.31 bits per heavy atom. The van der Waals surface area contributed by atoms with Gasteiger partial charge in [-0.1, -0.05) is 13.3 Å². The van der Waals surface area contributed by atoms with E-state index in [-0.39, 0.29) is 0 Å². The van der Waals surface area contributed by atoms with Crippen molar-refractivity contribution in [3.63, 3.8) is 0 Å². The zero-order chi connectivity index (χ0) is 12.0. The first kappa shape index (κ1) is 13.5. The molecule has 1 rings (SSSR count). The van der Waals surface area contributed by atoms with Gasteiger partial charge in [0.15, 0.2) is 0 Å². The predicted octanol–water partition coefficient (Wildman–Crippen LogP) is 2.61. The van der Waals surface area contributed by atoms with Crippen LogP contribution in [-0.4, -0.2) is 28.9 Å². The zero-order valence-corrected chi connectivity index (χ0v) is 11.4. The third-order valence-electron chi connectivity index (χ3n) is 2.20. The highest BCUT2D eigenvalue weighted by molar-refractivity contribution is 14.1. The van der Waals surface area contributed by atoms with Crippen LogP contribution in [0, 0.1) is 3.57 Å². The van der Waals surface area contributed by atoms with Gasteiger partial charge in [-0.2, -0.15) is 0 Å². The van der Waals surface area contributed by atoms with Crippen LogP contribution in [-0.2, 0) is 11.3 Å². The van der Waals surface area contributed by atoms with Crippen molar-refractivity contribution in [2.24, 2.45) is 0 Å². The third-order valence-corrected chi connectivity index (χ3v) is 2.79. The van der Waals surface area contributed by atoms with Gasteiger partial charge in [-0.25, -0.2) is 4.79 Å². The lowest BCUT2D eigenvalue weighted by molar-refractivity contribution is 0.0680. The van der Waals surface area contributed by atoms with Gasteiger partial charge in [-0.05, 0) is 35.1 Å². The number of nitrogens with zero attached hydrogens (tertiary/aromatic N) is 1. The first-order valence-electron chi connectivity index (χ1n) is 5.32. The molecule has 0 aliphatic heterocycles. The number of hydrogen-bond acceptors (Lipinski definition) is 2. The van der Waals surface area contributed by atoms with Gasteiger partial charge in [0.25, 0.3) is 0 Å². The van der Waals surface area contributed by atoms with Crippen molar-refractivity contribution in [1.82, 2.24) is 4.57 Å². The van der Waals surface area contributed by atoms with Crippen LogP contribution >= 0.6 is 22.6 Å². The molecule has 0 aliphatic rings. The Bertz CT molecular complexity index is 349. The van der Waals surface area contributed by atoms with E-state index in [0.29, 0.717) is 18.8 Å². The minimum Gasteiger partial charge on any atom is -0.477 e. The number of hydrogen-bond donors (Lipinski definition) is 1. The Kier molecular flexibility index (Phi) is 5.83. The molecule has 0 fully saturated rings. The highest BCUT2D eigenvalue weighted by Gasteiger charge is 2.10. The van der Waals surface area contributed by atoms with Crippen molar-refractivity contribution < 1.29 is 14.6 Å². The van der Waals surface area contributed by atoms with E-state index in [1.807, 2.05) is 6.20 Å². The van der Waals surface area contributed by atoms with Gasteiger partial charge in [0.1, 0.15) is 5.69 Å². The molecule has 5 heteroatoms. The SMILES string of the molecule is CCCCOCCn1cc(I)cc1C(=O)O. The van der Waals surface area contributed by atoms with Crippen LogP contribution in [0.25, 0.3) is 0 Å². The quantitative estimate of drug-likeness (QED) is 0.615. The van der Waals surface area contributed by atoms with E-state index in [1.54, 1.807) is 10.6 Å². The molecule has 1 aromatic rings. The molecule has 0 saturated heterocycles. The Labute approximate surface area is 109 Å². The maximum absolute atomic E-state index is 10.9. The minimum absolute atomic E-state index is 0.323. The maximum Gasteiger partial charge on any atom is 0.352 e. The average molecular weight is 337 g/mol. The molecule has 16 heavy (non-hydrogen) atoms. The Balaban J connectivity index is 2.44. The van der Waals surface area contributed by atoms with Crippen molar-refractivity contribution in [3.8, 4) is 0 Å². The summed E-state index contributed by atoms with van der Waals surface area (Å²) in [5.41, 5.74) is 0.323. The fourth-order valence-corrected chi connectivity index (χ4v) is 1.98. The molecule has 1 aromatic heterocycles. The Hall–Kier alpha value is -0.560. The highest BCUT2D eigenvalue weighted by Crippen LogP contribution is 2.11. The molecule has 0 amide bonds. The maximum atomic E-state index is 10.9. The molecular weight excluding hydrogens is 321 g/mol. The monoisotopic (exact) mass is 337 g/mol. The molecule has 0 radical (unpaired) electrons. The number of aromatic carboxylic acids is 1. The summed E-state index contributed by atoms with van der Waals surface area (Å²) >= 11 is 2.11. The van der Waals surface area contributed by atoms with Gasteiger partial charge < -0.3 is 14.4 Å². The fraction of sp³-hybridized carbons (Fsp3) is 0.545. The molecule has 0 atom stereocenters. The molecule has 0 aliphatic carbocycles. The summed E-state index contributed by atoms with van der Waals surface area (Å²) in [6.07, 6.45) is 3.99. The fourth-order valence-electron chi connectivity index (χ4n) is 1.35. The normalized spacial score (nSPS) is 10.6. The standard InChI is InChI=1S/C11H16INO3/c1-2-3-5-16-6-4-13-8-9(12)7-10(13)11(14)15/h7-8H,2-6H2,1H3,(H,14,15). The lowest BCUT2D eigenvalue weighted by atomic mass is 10.4. The number of ether oxygens (including phenoxy) is 1. The first-order valence-corrected chi connectivity index (χ1v) is 6.39. The van der Waals surface area contributed by atoms with Gasteiger partial charge >= 0.3 is 5.97 Å². The topological polar surface area (TPSA) is 51.5 Å². The van der Waals surface area contributed by atoms with Crippen LogP contribution in [0.3, 0.4) is 0 Å². The number of aromatic nitrogens is 1. The van der Waals surface area contributed by atoms with Gasteiger partial charge in [-0.15, -0.1) is 0 Å². The van der Waals surface area contributed by atoms with Crippen molar-refractivity contribution in [2.75, 3.05) is 13.2 Å². The van der Waals surface area contributed by atoms with Gasteiger partial charge in [0.05, 0.1) is 6.61 Å². The number of carboxylic acids is 1. The molecular formula is C11H16INO3. The third kappa shape index (κ3) is 4.13. The van der Waals surface area contributed by atoms with Crippen molar-refractivity contribution in [1.29, 1.82) is 0 Å². The summed E-state index contributed by atoms with van der Waals surface area (Å²) in [4.78, 5) is 10.9. The molecule has 90 valence electrons. The first-order chi connectivity index (χ1) is 7.65. The predicted molar refractivity (Wildman–Crippen MR) is 69.8 cm³/mol. The van der Waals surface area contributed by atoms with Crippen LogP contribution < -0.4 is 0 Å². The summed E-state index contributed by atoms with van der Waals surface area (Å²) in [5.74, 6) is -0.892.